The summed E-state index contributed by atoms with van der Waals surface area (Å²) >= 11 is 5.98. The Labute approximate surface area is 113 Å². The van der Waals surface area contributed by atoms with Crippen molar-refractivity contribution in [3.8, 4) is 5.75 Å². The molecule has 1 aliphatic rings. The molecule has 2 rings (SSSR count). The van der Waals surface area contributed by atoms with Crippen molar-refractivity contribution in [2.24, 2.45) is 5.92 Å². The summed E-state index contributed by atoms with van der Waals surface area (Å²) in [4.78, 5) is 0. The van der Waals surface area contributed by atoms with Gasteiger partial charge >= 0.3 is 0 Å². The summed E-state index contributed by atoms with van der Waals surface area (Å²) in [6.07, 6.45) is 2.17. The van der Waals surface area contributed by atoms with Gasteiger partial charge in [0.05, 0.1) is 19.3 Å². The maximum absolute atomic E-state index is 10.3. The normalized spacial score (nSPS) is 18.4. The molecule has 0 spiro atoms. The summed E-state index contributed by atoms with van der Waals surface area (Å²) in [5.74, 6) is 1.25. The number of rotatable bonds is 6. The number of halogens is 1. The summed E-state index contributed by atoms with van der Waals surface area (Å²) in [6.45, 7) is 0. The molecule has 0 amide bonds. The first-order chi connectivity index (χ1) is 8.65. The molecule has 4 heteroatoms. The Bertz CT molecular complexity index is 404. The fourth-order valence-electron chi connectivity index (χ4n) is 2.34. The summed E-state index contributed by atoms with van der Waals surface area (Å²) in [6, 6.07) is 5.44. The third-order valence-corrected chi connectivity index (χ3v) is 3.64. The number of methoxy groups -OCH3 is 2. The third-order valence-electron chi connectivity index (χ3n) is 3.41. The average molecular weight is 271 g/mol. The molecule has 0 aliphatic heterocycles. The van der Waals surface area contributed by atoms with E-state index < -0.39 is 6.10 Å². The molecular weight excluding hydrogens is 252 g/mol. The highest BCUT2D eigenvalue weighted by atomic mass is 35.5. The minimum atomic E-state index is -0.519. The van der Waals surface area contributed by atoms with Crippen molar-refractivity contribution in [2.75, 3.05) is 14.2 Å². The van der Waals surface area contributed by atoms with Crippen LogP contribution in [0.4, 0.5) is 0 Å². The smallest absolute Gasteiger partial charge is 0.122 e. The van der Waals surface area contributed by atoms with E-state index >= 15 is 0 Å². The molecule has 18 heavy (non-hydrogen) atoms. The molecule has 0 aromatic heterocycles. The monoisotopic (exact) mass is 270 g/mol. The lowest BCUT2D eigenvalue weighted by atomic mass is 10.00. The van der Waals surface area contributed by atoms with Gasteiger partial charge in [0, 0.05) is 18.6 Å². The number of ether oxygens (including phenoxy) is 2. The van der Waals surface area contributed by atoms with Crippen molar-refractivity contribution in [1.82, 2.24) is 0 Å². The molecule has 0 heterocycles. The molecule has 100 valence electrons. The Morgan fingerprint density at radius 2 is 2.11 bits per heavy atom. The SMILES string of the molecule is COc1ccc(Cl)cc1CC(O)C(OC)C1CC1. The van der Waals surface area contributed by atoms with Gasteiger partial charge in [-0.15, -0.1) is 0 Å². The Hall–Kier alpha value is -0.770. The van der Waals surface area contributed by atoms with Gasteiger partial charge in [-0.3, -0.25) is 0 Å². The predicted octanol–water partition coefficient (Wildman–Crippen LogP) is 2.68. The first-order valence-electron chi connectivity index (χ1n) is 6.19. The van der Waals surface area contributed by atoms with Crippen molar-refractivity contribution in [2.45, 2.75) is 31.5 Å². The number of benzene rings is 1. The number of hydrogen-bond acceptors (Lipinski definition) is 3. The van der Waals surface area contributed by atoms with E-state index in [2.05, 4.69) is 0 Å². The molecular formula is C14H19ClO3. The van der Waals surface area contributed by atoms with Gasteiger partial charge in [0.1, 0.15) is 5.75 Å². The number of aliphatic hydroxyl groups is 1. The van der Waals surface area contributed by atoms with Gasteiger partial charge in [-0.2, -0.15) is 0 Å². The van der Waals surface area contributed by atoms with E-state index in [1.54, 1.807) is 20.3 Å². The second-order valence-electron chi connectivity index (χ2n) is 4.77. The van der Waals surface area contributed by atoms with Crippen LogP contribution in [-0.2, 0) is 11.2 Å². The Kier molecular flexibility index (Phi) is 4.49. The highest BCUT2D eigenvalue weighted by Gasteiger charge is 2.36. The summed E-state index contributed by atoms with van der Waals surface area (Å²) in [7, 11) is 3.27. The van der Waals surface area contributed by atoms with Crippen LogP contribution in [0.5, 0.6) is 5.75 Å². The van der Waals surface area contributed by atoms with Crippen LogP contribution in [0.15, 0.2) is 18.2 Å². The minimum Gasteiger partial charge on any atom is -0.496 e. The second kappa shape index (κ2) is 5.91. The molecule has 2 atom stereocenters. The van der Waals surface area contributed by atoms with Gasteiger partial charge in [0.2, 0.25) is 0 Å². The molecule has 3 nitrogen and oxygen atoms in total. The lowest BCUT2D eigenvalue weighted by Gasteiger charge is -2.22. The van der Waals surface area contributed by atoms with Crippen molar-refractivity contribution in [3.63, 3.8) is 0 Å². The van der Waals surface area contributed by atoms with Crippen molar-refractivity contribution >= 4 is 11.6 Å². The van der Waals surface area contributed by atoms with E-state index in [0.29, 0.717) is 17.4 Å². The van der Waals surface area contributed by atoms with E-state index in [1.807, 2.05) is 12.1 Å². The lowest BCUT2D eigenvalue weighted by Crippen LogP contribution is -2.31. The van der Waals surface area contributed by atoms with Gasteiger partial charge in [-0.25, -0.2) is 0 Å². The Balaban J connectivity index is 2.09. The van der Waals surface area contributed by atoms with Crippen molar-refractivity contribution < 1.29 is 14.6 Å². The maximum atomic E-state index is 10.3. The van der Waals surface area contributed by atoms with Crippen LogP contribution in [0.25, 0.3) is 0 Å². The molecule has 0 radical (unpaired) electrons. The first-order valence-corrected chi connectivity index (χ1v) is 6.56. The van der Waals surface area contributed by atoms with Crippen molar-refractivity contribution in [1.29, 1.82) is 0 Å². The van der Waals surface area contributed by atoms with E-state index in [9.17, 15) is 5.11 Å². The van der Waals surface area contributed by atoms with Crippen molar-refractivity contribution in [3.05, 3.63) is 28.8 Å². The van der Waals surface area contributed by atoms with Gasteiger partial charge < -0.3 is 14.6 Å². The van der Waals surface area contributed by atoms with Crippen LogP contribution >= 0.6 is 11.6 Å². The fraction of sp³-hybridized carbons (Fsp3) is 0.571. The van der Waals surface area contributed by atoms with Crippen LogP contribution < -0.4 is 4.74 Å². The molecule has 1 N–H and O–H groups in total. The number of aliphatic hydroxyl groups excluding tert-OH is 1. The molecule has 2 unspecified atom stereocenters. The predicted molar refractivity (Wildman–Crippen MR) is 71.2 cm³/mol. The van der Waals surface area contributed by atoms with Crippen LogP contribution in [0.3, 0.4) is 0 Å². The highest BCUT2D eigenvalue weighted by Crippen LogP contribution is 2.36. The molecule has 1 fully saturated rings. The Morgan fingerprint density at radius 1 is 1.39 bits per heavy atom. The van der Waals surface area contributed by atoms with E-state index in [0.717, 1.165) is 24.2 Å². The van der Waals surface area contributed by atoms with E-state index in [-0.39, 0.29) is 6.10 Å². The van der Waals surface area contributed by atoms with Gasteiger partial charge in [0.25, 0.3) is 0 Å². The van der Waals surface area contributed by atoms with Crippen LogP contribution in [0.1, 0.15) is 18.4 Å². The summed E-state index contributed by atoms with van der Waals surface area (Å²) < 4.78 is 10.7. The quantitative estimate of drug-likeness (QED) is 0.864. The summed E-state index contributed by atoms with van der Waals surface area (Å²) in [5.41, 5.74) is 0.917. The maximum Gasteiger partial charge on any atom is 0.122 e. The zero-order chi connectivity index (χ0) is 13.1. The molecule has 1 aliphatic carbocycles. The highest BCUT2D eigenvalue weighted by molar-refractivity contribution is 6.30. The first kappa shape index (κ1) is 13.7. The second-order valence-corrected chi connectivity index (χ2v) is 5.20. The molecule has 1 aromatic rings. The van der Waals surface area contributed by atoms with E-state index in [4.69, 9.17) is 21.1 Å². The van der Waals surface area contributed by atoms with Gasteiger partial charge in [-0.05, 0) is 42.5 Å². The third kappa shape index (κ3) is 3.16. The minimum absolute atomic E-state index is 0.0892. The zero-order valence-corrected chi connectivity index (χ0v) is 11.5. The van der Waals surface area contributed by atoms with Gasteiger partial charge in [0.15, 0.2) is 0 Å². The standard InChI is InChI=1S/C14H19ClO3/c1-17-13-6-5-11(15)7-10(13)8-12(16)14(18-2)9-3-4-9/h5-7,9,12,14,16H,3-4,8H2,1-2H3. The fourth-order valence-corrected chi connectivity index (χ4v) is 2.53. The molecule has 0 bridgehead atoms. The zero-order valence-electron chi connectivity index (χ0n) is 10.7. The summed E-state index contributed by atoms with van der Waals surface area (Å²) in [5, 5.41) is 10.9. The average Bonchev–Trinajstić information content (AvgIpc) is 3.15. The lowest BCUT2D eigenvalue weighted by molar-refractivity contribution is -0.0239. The Morgan fingerprint density at radius 3 is 2.67 bits per heavy atom. The van der Waals surface area contributed by atoms with E-state index in [1.165, 1.54) is 0 Å². The molecule has 1 saturated carbocycles. The number of hydrogen-bond donors (Lipinski definition) is 1. The molecule has 1 aromatic carbocycles. The van der Waals surface area contributed by atoms with Crippen LogP contribution in [-0.4, -0.2) is 31.5 Å². The molecule has 0 saturated heterocycles. The van der Waals surface area contributed by atoms with Crippen LogP contribution in [0, 0.1) is 5.92 Å². The topological polar surface area (TPSA) is 38.7 Å². The van der Waals surface area contributed by atoms with Gasteiger partial charge in [-0.1, -0.05) is 11.6 Å². The van der Waals surface area contributed by atoms with Crippen LogP contribution in [0.2, 0.25) is 5.02 Å². The largest absolute Gasteiger partial charge is 0.496 e.